The SMILES string of the molecule is COC(=O)CCC(O[Si](c1ccccc1)(c1ccccc1)C(C)(C)C)C(=O)OC. The van der Waals surface area contributed by atoms with E-state index in [1.807, 2.05) is 36.4 Å². The Morgan fingerprint density at radius 3 is 1.72 bits per heavy atom. The maximum Gasteiger partial charge on any atom is 0.333 e. The minimum absolute atomic E-state index is 0.0778. The van der Waals surface area contributed by atoms with Crippen molar-refractivity contribution in [2.75, 3.05) is 14.2 Å². The molecule has 0 radical (unpaired) electrons. The molecule has 1 unspecified atom stereocenters. The molecule has 0 amide bonds. The molecule has 0 heterocycles. The fraction of sp³-hybridized carbons (Fsp3) is 0.391. The molecule has 6 heteroatoms. The molecule has 0 spiro atoms. The summed E-state index contributed by atoms with van der Waals surface area (Å²) < 4.78 is 16.5. The van der Waals surface area contributed by atoms with Crippen molar-refractivity contribution in [3.63, 3.8) is 0 Å². The fourth-order valence-electron chi connectivity index (χ4n) is 3.61. The quantitative estimate of drug-likeness (QED) is 0.491. The molecule has 0 aliphatic rings. The van der Waals surface area contributed by atoms with Crippen LogP contribution in [0.25, 0.3) is 0 Å². The Hall–Kier alpha value is -2.44. The standard InChI is InChI=1S/C23H30O5Si/c1-23(2,3)29(18-12-8-6-9-13-18,19-14-10-7-11-15-19)28-20(22(25)27-5)16-17-21(24)26-4/h6-15,20H,16-17H2,1-5H3. The summed E-state index contributed by atoms with van der Waals surface area (Å²) in [6.45, 7) is 6.40. The second-order valence-corrected chi connectivity index (χ2v) is 12.2. The van der Waals surface area contributed by atoms with Crippen LogP contribution in [-0.4, -0.2) is 40.6 Å². The molecule has 2 aromatic rings. The molecule has 0 aromatic heterocycles. The number of rotatable bonds is 8. The summed E-state index contributed by atoms with van der Waals surface area (Å²) in [5.74, 6) is -0.869. The van der Waals surface area contributed by atoms with Gasteiger partial charge in [-0.2, -0.15) is 0 Å². The lowest BCUT2D eigenvalue weighted by molar-refractivity contribution is -0.150. The molecule has 2 rings (SSSR count). The summed E-state index contributed by atoms with van der Waals surface area (Å²) in [4.78, 5) is 24.3. The molecule has 29 heavy (non-hydrogen) atoms. The van der Waals surface area contributed by atoms with E-state index in [9.17, 15) is 9.59 Å². The minimum Gasteiger partial charge on any atom is -0.469 e. The van der Waals surface area contributed by atoms with Gasteiger partial charge in [-0.05, 0) is 21.8 Å². The van der Waals surface area contributed by atoms with Crippen molar-refractivity contribution >= 4 is 30.6 Å². The van der Waals surface area contributed by atoms with Gasteiger partial charge in [-0.3, -0.25) is 4.79 Å². The van der Waals surface area contributed by atoms with Gasteiger partial charge in [0.05, 0.1) is 14.2 Å². The van der Waals surface area contributed by atoms with E-state index in [4.69, 9.17) is 13.9 Å². The van der Waals surface area contributed by atoms with E-state index in [0.29, 0.717) is 0 Å². The van der Waals surface area contributed by atoms with Crippen LogP contribution in [0.3, 0.4) is 0 Å². The molecular formula is C23H30O5Si. The summed E-state index contributed by atoms with van der Waals surface area (Å²) in [7, 11) is -0.259. The predicted molar refractivity (Wildman–Crippen MR) is 116 cm³/mol. The first-order valence-corrected chi connectivity index (χ1v) is 11.6. The maximum atomic E-state index is 12.6. The second kappa shape index (κ2) is 9.85. The van der Waals surface area contributed by atoms with Crippen LogP contribution in [0.2, 0.25) is 5.04 Å². The van der Waals surface area contributed by atoms with Gasteiger partial charge < -0.3 is 13.9 Å². The highest BCUT2D eigenvalue weighted by Gasteiger charge is 2.52. The highest BCUT2D eigenvalue weighted by Crippen LogP contribution is 2.38. The summed E-state index contributed by atoms with van der Waals surface area (Å²) in [6, 6.07) is 20.1. The van der Waals surface area contributed by atoms with Crippen LogP contribution in [0.4, 0.5) is 0 Å². The van der Waals surface area contributed by atoms with Gasteiger partial charge in [0.1, 0.15) is 6.10 Å². The third-order valence-corrected chi connectivity index (χ3v) is 10.1. The van der Waals surface area contributed by atoms with Gasteiger partial charge in [-0.1, -0.05) is 81.4 Å². The Morgan fingerprint density at radius 2 is 1.34 bits per heavy atom. The molecule has 0 bridgehead atoms. The average Bonchev–Trinajstić information content (AvgIpc) is 2.73. The summed E-state index contributed by atoms with van der Waals surface area (Å²) in [5.41, 5.74) is 0. The summed E-state index contributed by atoms with van der Waals surface area (Å²) >= 11 is 0. The van der Waals surface area contributed by atoms with Gasteiger partial charge >= 0.3 is 11.9 Å². The number of methoxy groups -OCH3 is 2. The normalized spacial score (nSPS) is 12.9. The molecule has 0 fully saturated rings. The second-order valence-electron chi connectivity index (χ2n) is 7.91. The largest absolute Gasteiger partial charge is 0.469 e. The van der Waals surface area contributed by atoms with Crippen molar-refractivity contribution in [3.8, 4) is 0 Å². The topological polar surface area (TPSA) is 61.8 Å². The highest BCUT2D eigenvalue weighted by molar-refractivity contribution is 6.99. The number of hydrogen-bond donors (Lipinski definition) is 0. The Labute approximate surface area is 174 Å². The van der Waals surface area contributed by atoms with E-state index in [1.54, 1.807) is 0 Å². The van der Waals surface area contributed by atoms with Gasteiger partial charge in [0.25, 0.3) is 8.32 Å². The Kier molecular flexibility index (Phi) is 7.76. The molecule has 0 saturated carbocycles. The van der Waals surface area contributed by atoms with Crippen LogP contribution >= 0.6 is 0 Å². The molecule has 156 valence electrons. The Bertz CT molecular complexity index is 760. The molecule has 5 nitrogen and oxygen atoms in total. The summed E-state index contributed by atoms with van der Waals surface area (Å²) in [5, 5.41) is 1.84. The van der Waals surface area contributed by atoms with Crippen LogP contribution in [-0.2, 0) is 23.5 Å². The van der Waals surface area contributed by atoms with Crippen LogP contribution in [0.5, 0.6) is 0 Å². The maximum absolute atomic E-state index is 12.6. The van der Waals surface area contributed by atoms with E-state index in [1.165, 1.54) is 14.2 Å². The van der Waals surface area contributed by atoms with Crippen molar-refractivity contribution < 1.29 is 23.5 Å². The van der Waals surface area contributed by atoms with E-state index >= 15 is 0 Å². The van der Waals surface area contributed by atoms with E-state index in [2.05, 4.69) is 45.0 Å². The first-order valence-electron chi connectivity index (χ1n) is 9.69. The van der Waals surface area contributed by atoms with Crippen LogP contribution in [0.15, 0.2) is 60.7 Å². The monoisotopic (exact) mass is 414 g/mol. The number of hydrogen-bond acceptors (Lipinski definition) is 5. The average molecular weight is 415 g/mol. The zero-order valence-corrected chi connectivity index (χ0v) is 18.8. The van der Waals surface area contributed by atoms with Gasteiger partial charge in [0.15, 0.2) is 0 Å². The van der Waals surface area contributed by atoms with Crippen molar-refractivity contribution in [2.24, 2.45) is 0 Å². The number of ether oxygens (including phenoxy) is 2. The third-order valence-electron chi connectivity index (χ3n) is 5.04. The first kappa shape index (κ1) is 22.8. The van der Waals surface area contributed by atoms with Gasteiger partial charge in [-0.25, -0.2) is 4.79 Å². The Morgan fingerprint density at radius 1 is 0.862 bits per heavy atom. The van der Waals surface area contributed by atoms with Crippen LogP contribution < -0.4 is 10.4 Å². The molecular weight excluding hydrogens is 384 g/mol. The lowest BCUT2D eigenvalue weighted by Crippen LogP contribution is -2.68. The molecule has 2 aromatic carbocycles. The predicted octanol–water partition coefficient (Wildman–Crippen LogP) is 3.06. The van der Waals surface area contributed by atoms with E-state index in [0.717, 1.165) is 10.4 Å². The highest BCUT2D eigenvalue weighted by atomic mass is 28.4. The Balaban J connectivity index is 2.61. The molecule has 1 atom stereocenters. The minimum atomic E-state index is -2.93. The van der Waals surface area contributed by atoms with Crippen molar-refractivity contribution in [1.29, 1.82) is 0 Å². The smallest absolute Gasteiger partial charge is 0.333 e. The van der Waals surface area contributed by atoms with Crippen molar-refractivity contribution in [3.05, 3.63) is 60.7 Å². The van der Waals surface area contributed by atoms with Crippen LogP contribution in [0, 0.1) is 0 Å². The number of carbonyl (C=O) groups excluding carboxylic acids is 2. The first-order chi connectivity index (χ1) is 13.8. The molecule has 0 aliphatic heterocycles. The molecule has 0 aliphatic carbocycles. The third kappa shape index (κ3) is 5.13. The summed E-state index contributed by atoms with van der Waals surface area (Å²) in [6.07, 6.45) is -0.594. The van der Waals surface area contributed by atoms with Crippen molar-refractivity contribution in [2.45, 2.75) is 44.8 Å². The van der Waals surface area contributed by atoms with Crippen LogP contribution in [0.1, 0.15) is 33.6 Å². The lowest BCUT2D eigenvalue weighted by atomic mass is 10.2. The number of esters is 2. The zero-order chi connectivity index (χ0) is 21.5. The van der Waals surface area contributed by atoms with Gasteiger partial charge in [0, 0.05) is 6.42 Å². The van der Waals surface area contributed by atoms with Gasteiger partial charge in [0.2, 0.25) is 0 Å². The van der Waals surface area contributed by atoms with Crippen molar-refractivity contribution in [1.82, 2.24) is 0 Å². The molecule has 0 N–H and O–H groups in total. The van der Waals surface area contributed by atoms with E-state index < -0.39 is 20.4 Å². The number of benzene rings is 2. The van der Waals surface area contributed by atoms with Gasteiger partial charge in [-0.15, -0.1) is 0 Å². The fourth-order valence-corrected chi connectivity index (χ4v) is 8.27. The lowest BCUT2D eigenvalue weighted by Gasteiger charge is -2.44. The van der Waals surface area contributed by atoms with E-state index in [-0.39, 0.29) is 23.8 Å². The zero-order valence-electron chi connectivity index (χ0n) is 17.8. The number of carbonyl (C=O) groups is 2. The molecule has 0 saturated heterocycles.